The monoisotopic (exact) mass is 380 g/mol. The van der Waals surface area contributed by atoms with E-state index in [9.17, 15) is 4.79 Å². The van der Waals surface area contributed by atoms with Gasteiger partial charge in [-0.3, -0.25) is 9.69 Å². The zero-order valence-electron chi connectivity index (χ0n) is 13.9. The highest BCUT2D eigenvalue weighted by atomic mass is 35.5. The number of rotatable bonds is 6. The van der Waals surface area contributed by atoms with Crippen LogP contribution in [-0.4, -0.2) is 30.4 Å². The van der Waals surface area contributed by atoms with Crippen molar-refractivity contribution in [2.45, 2.75) is 18.9 Å². The predicted octanol–water partition coefficient (Wildman–Crippen LogP) is 4.32. The van der Waals surface area contributed by atoms with Gasteiger partial charge in [0.15, 0.2) is 0 Å². The lowest BCUT2D eigenvalue weighted by Gasteiger charge is -2.25. The van der Waals surface area contributed by atoms with E-state index in [4.69, 9.17) is 16.0 Å². The molecular formula is C19H22Cl2N2O2. The molecule has 6 heteroatoms. The largest absolute Gasteiger partial charge is 0.468 e. The standard InChI is InChI=1S/C19H21ClN2O2.ClH/c20-16-7-2-1-6-15(16)9-10-19(23)21-14-17(18-8-5-13-24-18)22-11-3-4-12-22;/h1-2,5-10,13,17H,3-4,11-12,14H2,(H,21,23);1H/b10-9+;. The number of nitrogens with zero attached hydrogens (tertiary/aromatic N) is 1. The van der Waals surface area contributed by atoms with E-state index >= 15 is 0 Å². The Morgan fingerprint density at radius 3 is 2.68 bits per heavy atom. The average molecular weight is 381 g/mol. The van der Waals surface area contributed by atoms with Crippen LogP contribution >= 0.6 is 24.0 Å². The normalized spacial score (nSPS) is 15.9. The Kier molecular flexibility index (Phi) is 7.56. The van der Waals surface area contributed by atoms with Gasteiger partial charge in [0.25, 0.3) is 0 Å². The summed E-state index contributed by atoms with van der Waals surface area (Å²) in [7, 11) is 0. The van der Waals surface area contributed by atoms with E-state index in [1.807, 2.05) is 30.3 Å². The molecule has 0 aliphatic carbocycles. The van der Waals surface area contributed by atoms with Gasteiger partial charge in [-0.05, 0) is 55.8 Å². The Morgan fingerprint density at radius 1 is 1.24 bits per heavy atom. The smallest absolute Gasteiger partial charge is 0.244 e. The molecule has 2 heterocycles. The highest BCUT2D eigenvalue weighted by Crippen LogP contribution is 2.24. The summed E-state index contributed by atoms with van der Waals surface area (Å²) in [4.78, 5) is 14.5. The number of furan rings is 1. The van der Waals surface area contributed by atoms with Crippen molar-refractivity contribution >= 4 is 36.0 Å². The van der Waals surface area contributed by atoms with Gasteiger partial charge in [-0.15, -0.1) is 12.4 Å². The summed E-state index contributed by atoms with van der Waals surface area (Å²) in [5.74, 6) is 0.762. The first-order chi connectivity index (χ1) is 11.7. The van der Waals surface area contributed by atoms with Crippen molar-refractivity contribution in [1.82, 2.24) is 10.2 Å². The Labute approximate surface area is 159 Å². The number of carbonyl (C=O) groups excluding carboxylic acids is 1. The highest BCUT2D eigenvalue weighted by molar-refractivity contribution is 6.32. The molecule has 3 rings (SSSR count). The molecule has 0 bridgehead atoms. The molecule has 0 spiro atoms. The van der Waals surface area contributed by atoms with E-state index in [1.165, 1.54) is 18.9 Å². The van der Waals surface area contributed by atoms with Crippen LogP contribution in [0.3, 0.4) is 0 Å². The maximum absolute atomic E-state index is 12.1. The van der Waals surface area contributed by atoms with E-state index in [2.05, 4.69) is 10.2 Å². The summed E-state index contributed by atoms with van der Waals surface area (Å²) in [6.07, 6.45) is 7.31. The fourth-order valence-electron chi connectivity index (χ4n) is 2.98. The van der Waals surface area contributed by atoms with E-state index in [1.54, 1.807) is 18.4 Å². The van der Waals surface area contributed by atoms with Gasteiger partial charge in [-0.25, -0.2) is 0 Å². The van der Waals surface area contributed by atoms with Crippen LogP contribution < -0.4 is 5.32 Å². The molecule has 2 aromatic rings. The fraction of sp³-hybridized carbons (Fsp3) is 0.316. The van der Waals surface area contributed by atoms with Gasteiger partial charge < -0.3 is 9.73 Å². The Bertz CT molecular complexity index is 695. The number of hydrogen-bond acceptors (Lipinski definition) is 3. The minimum atomic E-state index is -0.134. The maximum Gasteiger partial charge on any atom is 0.244 e. The summed E-state index contributed by atoms with van der Waals surface area (Å²) in [5, 5.41) is 3.60. The van der Waals surface area contributed by atoms with E-state index in [0.29, 0.717) is 11.6 Å². The first kappa shape index (κ1) is 19.6. The van der Waals surface area contributed by atoms with Crippen LogP contribution in [0.5, 0.6) is 0 Å². The summed E-state index contributed by atoms with van der Waals surface area (Å²) in [6, 6.07) is 11.4. The molecule has 0 saturated carbocycles. The van der Waals surface area contributed by atoms with Gasteiger partial charge in [0, 0.05) is 17.6 Å². The molecule has 1 aliphatic rings. The molecule has 1 saturated heterocycles. The van der Waals surface area contributed by atoms with Gasteiger partial charge in [0.05, 0.1) is 12.3 Å². The van der Waals surface area contributed by atoms with Gasteiger partial charge in [0.2, 0.25) is 5.91 Å². The molecule has 134 valence electrons. The Hall–Kier alpha value is -1.75. The van der Waals surface area contributed by atoms with Crippen molar-refractivity contribution in [2.24, 2.45) is 0 Å². The Morgan fingerprint density at radius 2 is 2.00 bits per heavy atom. The van der Waals surface area contributed by atoms with Gasteiger partial charge >= 0.3 is 0 Å². The van der Waals surface area contributed by atoms with Crippen molar-refractivity contribution in [3.63, 3.8) is 0 Å². The second-order valence-corrected chi connectivity index (χ2v) is 6.28. The zero-order chi connectivity index (χ0) is 16.8. The molecule has 1 atom stereocenters. The molecule has 1 aliphatic heterocycles. The van der Waals surface area contributed by atoms with Crippen LogP contribution in [0, 0.1) is 0 Å². The second-order valence-electron chi connectivity index (χ2n) is 5.87. The SMILES string of the molecule is Cl.O=C(/C=C/c1ccccc1Cl)NCC(c1ccco1)N1CCCC1. The molecular weight excluding hydrogens is 359 g/mol. The fourth-order valence-corrected chi connectivity index (χ4v) is 3.17. The third-order valence-corrected chi connectivity index (χ3v) is 4.59. The molecule has 1 fully saturated rings. The maximum atomic E-state index is 12.1. The second kappa shape index (κ2) is 9.66. The first-order valence-electron chi connectivity index (χ1n) is 8.22. The zero-order valence-corrected chi connectivity index (χ0v) is 15.4. The van der Waals surface area contributed by atoms with Crippen molar-refractivity contribution in [3.8, 4) is 0 Å². The predicted molar refractivity (Wildman–Crippen MR) is 103 cm³/mol. The van der Waals surface area contributed by atoms with Crippen LogP contribution in [-0.2, 0) is 4.79 Å². The van der Waals surface area contributed by atoms with Crippen molar-refractivity contribution in [1.29, 1.82) is 0 Å². The van der Waals surface area contributed by atoms with E-state index < -0.39 is 0 Å². The Balaban J connectivity index is 0.00000225. The quantitative estimate of drug-likeness (QED) is 0.758. The topological polar surface area (TPSA) is 45.5 Å². The summed E-state index contributed by atoms with van der Waals surface area (Å²) >= 11 is 6.09. The van der Waals surface area contributed by atoms with Crippen molar-refractivity contribution in [3.05, 3.63) is 65.1 Å². The van der Waals surface area contributed by atoms with Crippen LogP contribution in [0.4, 0.5) is 0 Å². The number of nitrogens with one attached hydrogen (secondary N) is 1. The molecule has 1 aromatic heterocycles. The molecule has 25 heavy (non-hydrogen) atoms. The molecule has 0 radical (unpaired) electrons. The molecule has 4 nitrogen and oxygen atoms in total. The molecule has 1 N–H and O–H groups in total. The van der Waals surface area contributed by atoms with E-state index in [-0.39, 0.29) is 24.4 Å². The summed E-state index contributed by atoms with van der Waals surface area (Å²) in [5.41, 5.74) is 0.830. The minimum absolute atomic E-state index is 0. The lowest BCUT2D eigenvalue weighted by atomic mass is 10.2. The number of likely N-dealkylation sites (tertiary alicyclic amines) is 1. The summed E-state index contributed by atoms with van der Waals surface area (Å²) < 4.78 is 5.56. The lowest BCUT2D eigenvalue weighted by molar-refractivity contribution is -0.116. The lowest BCUT2D eigenvalue weighted by Crippen LogP contribution is -2.36. The van der Waals surface area contributed by atoms with Crippen LogP contribution in [0.1, 0.15) is 30.2 Å². The van der Waals surface area contributed by atoms with Gasteiger partial charge in [0.1, 0.15) is 5.76 Å². The number of carbonyl (C=O) groups is 1. The van der Waals surface area contributed by atoms with Crippen LogP contribution in [0.2, 0.25) is 5.02 Å². The van der Waals surface area contributed by atoms with Crippen molar-refractivity contribution in [2.75, 3.05) is 19.6 Å². The first-order valence-corrected chi connectivity index (χ1v) is 8.60. The number of hydrogen-bond donors (Lipinski definition) is 1. The highest BCUT2D eigenvalue weighted by Gasteiger charge is 2.25. The summed E-state index contributed by atoms with van der Waals surface area (Å²) in [6.45, 7) is 2.60. The third-order valence-electron chi connectivity index (χ3n) is 4.24. The minimum Gasteiger partial charge on any atom is -0.468 e. The number of benzene rings is 1. The van der Waals surface area contributed by atoms with Crippen LogP contribution in [0.15, 0.2) is 53.2 Å². The molecule has 1 unspecified atom stereocenters. The van der Waals surface area contributed by atoms with Crippen LogP contribution in [0.25, 0.3) is 6.08 Å². The van der Waals surface area contributed by atoms with E-state index in [0.717, 1.165) is 24.4 Å². The number of halogens is 2. The molecule has 1 amide bonds. The number of amides is 1. The van der Waals surface area contributed by atoms with Gasteiger partial charge in [-0.2, -0.15) is 0 Å². The average Bonchev–Trinajstić information content (AvgIpc) is 3.28. The van der Waals surface area contributed by atoms with Crippen molar-refractivity contribution < 1.29 is 9.21 Å². The molecule has 1 aromatic carbocycles. The third kappa shape index (κ3) is 5.36. The van der Waals surface area contributed by atoms with Gasteiger partial charge in [-0.1, -0.05) is 29.8 Å².